The smallest absolute Gasteiger partial charge is 0.257 e. The van der Waals surface area contributed by atoms with E-state index in [2.05, 4.69) is 5.32 Å². The molecule has 0 saturated carbocycles. The highest BCUT2D eigenvalue weighted by Crippen LogP contribution is 2.29. The zero-order chi connectivity index (χ0) is 18.2. The van der Waals surface area contributed by atoms with Crippen molar-refractivity contribution in [1.29, 1.82) is 0 Å². The zero-order valence-corrected chi connectivity index (χ0v) is 14.4. The normalized spacial score (nSPS) is 16.0. The summed E-state index contributed by atoms with van der Waals surface area (Å²) in [4.78, 5) is 12.4. The largest absolute Gasteiger partial charge is 0.322 e. The Morgan fingerprint density at radius 2 is 1.80 bits per heavy atom. The van der Waals surface area contributed by atoms with Gasteiger partial charge in [-0.05, 0) is 36.8 Å². The lowest BCUT2D eigenvalue weighted by Gasteiger charge is -2.18. The standard InChI is InChI=1S/C16H13ClF2N2O3S/c17-15-3-2-13(21-4-1-5-25(21,23)24)9-14(15)16(22)20-12-7-10(18)6-11(19)8-12/h2-3,6-9H,1,4-5H2,(H,20,22). The number of rotatable bonds is 3. The molecule has 1 fully saturated rings. The maximum atomic E-state index is 13.2. The first-order valence-electron chi connectivity index (χ1n) is 7.34. The molecule has 1 aliphatic heterocycles. The van der Waals surface area contributed by atoms with E-state index in [-0.39, 0.29) is 22.0 Å². The Morgan fingerprint density at radius 1 is 1.12 bits per heavy atom. The number of hydrogen-bond donors (Lipinski definition) is 1. The zero-order valence-electron chi connectivity index (χ0n) is 12.8. The van der Waals surface area contributed by atoms with Gasteiger partial charge in [0.25, 0.3) is 5.91 Å². The molecule has 1 amide bonds. The van der Waals surface area contributed by atoms with Crippen LogP contribution in [0.15, 0.2) is 36.4 Å². The number of carbonyl (C=O) groups is 1. The molecule has 3 rings (SSSR count). The molecule has 2 aromatic rings. The molecule has 0 atom stereocenters. The lowest BCUT2D eigenvalue weighted by atomic mass is 10.1. The van der Waals surface area contributed by atoms with Crippen LogP contribution in [0.5, 0.6) is 0 Å². The third kappa shape index (κ3) is 3.74. The van der Waals surface area contributed by atoms with E-state index >= 15 is 0 Å². The van der Waals surface area contributed by atoms with Gasteiger partial charge in [-0.25, -0.2) is 17.2 Å². The van der Waals surface area contributed by atoms with Gasteiger partial charge < -0.3 is 5.32 Å². The molecule has 25 heavy (non-hydrogen) atoms. The third-order valence-corrected chi connectivity index (χ3v) is 5.90. The van der Waals surface area contributed by atoms with Gasteiger partial charge in [-0.15, -0.1) is 0 Å². The number of amides is 1. The molecular weight excluding hydrogens is 374 g/mol. The van der Waals surface area contributed by atoms with Gasteiger partial charge in [0.1, 0.15) is 11.6 Å². The molecule has 0 radical (unpaired) electrons. The fourth-order valence-electron chi connectivity index (χ4n) is 2.60. The second-order valence-electron chi connectivity index (χ2n) is 5.52. The Labute approximate surface area is 148 Å². The van der Waals surface area contributed by atoms with Gasteiger partial charge in [-0.3, -0.25) is 9.10 Å². The summed E-state index contributed by atoms with van der Waals surface area (Å²) in [5.74, 6) is -2.33. The van der Waals surface area contributed by atoms with Crippen LogP contribution in [0.25, 0.3) is 0 Å². The van der Waals surface area contributed by atoms with Crippen LogP contribution < -0.4 is 9.62 Å². The van der Waals surface area contributed by atoms with E-state index in [0.29, 0.717) is 24.7 Å². The van der Waals surface area contributed by atoms with Crippen molar-refractivity contribution in [2.45, 2.75) is 6.42 Å². The second-order valence-corrected chi connectivity index (χ2v) is 7.94. The molecule has 0 aliphatic carbocycles. The third-order valence-electron chi connectivity index (χ3n) is 3.70. The Balaban J connectivity index is 1.91. The summed E-state index contributed by atoms with van der Waals surface area (Å²) < 4.78 is 51.7. The van der Waals surface area contributed by atoms with E-state index in [0.717, 1.165) is 12.1 Å². The van der Waals surface area contributed by atoms with E-state index in [4.69, 9.17) is 11.6 Å². The average Bonchev–Trinajstić information content (AvgIpc) is 2.86. The molecule has 1 N–H and O–H groups in total. The number of nitrogens with zero attached hydrogens (tertiary/aromatic N) is 1. The maximum absolute atomic E-state index is 13.2. The van der Waals surface area contributed by atoms with Gasteiger partial charge in [0, 0.05) is 18.3 Å². The summed E-state index contributed by atoms with van der Waals surface area (Å²) in [5, 5.41) is 2.44. The molecule has 1 heterocycles. The van der Waals surface area contributed by atoms with Crippen molar-refractivity contribution in [2.24, 2.45) is 0 Å². The topological polar surface area (TPSA) is 66.5 Å². The quantitative estimate of drug-likeness (QED) is 0.879. The van der Waals surface area contributed by atoms with E-state index < -0.39 is 27.6 Å². The summed E-state index contributed by atoms with van der Waals surface area (Å²) >= 11 is 6.02. The minimum atomic E-state index is -3.41. The highest BCUT2D eigenvalue weighted by Gasteiger charge is 2.29. The van der Waals surface area contributed by atoms with Crippen LogP contribution in [-0.4, -0.2) is 26.6 Å². The monoisotopic (exact) mass is 386 g/mol. The predicted molar refractivity (Wildman–Crippen MR) is 91.5 cm³/mol. The Morgan fingerprint density at radius 3 is 2.40 bits per heavy atom. The van der Waals surface area contributed by atoms with Crippen molar-refractivity contribution in [3.05, 3.63) is 58.6 Å². The number of halogens is 3. The summed E-state index contributed by atoms with van der Waals surface area (Å²) in [6.07, 6.45) is 0.495. The molecular formula is C16H13ClF2N2O3S. The average molecular weight is 387 g/mol. The SMILES string of the molecule is O=C(Nc1cc(F)cc(F)c1)c1cc(N2CCCS2(=O)=O)ccc1Cl. The molecule has 1 saturated heterocycles. The second kappa shape index (κ2) is 6.61. The fourth-order valence-corrected chi connectivity index (χ4v) is 4.36. The molecule has 1 aliphatic rings. The molecule has 9 heteroatoms. The molecule has 0 unspecified atom stereocenters. The predicted octanol–water partition coefficient (Wildman–Crippen LogP) is 3.41. The van der Waals surface area contributed by atoms with Gasteiger partial charge in [0.05, 0.1) is 22.0 Å². The number of benzene rings is 2. The van der Waals surface area contributed by atoms with Crippen LogP contribution in [0.2, 0.25) is 5.02 Å². The first kappa shape index (κ1) is 17.6. The maximum Gasteiger partial charge on any atom is 0.257 e. The highest BCUT2D eigenvalue weighted by molar-refractivity contribution is 7.93. The highest BCUT2D eigenvalue weighted by atomic mass is 35.5. The molecule has 2 aromatic carbocycles. The Bertz CT molecular complexity index is 930. The van der Waals surface area contributed by atoms with Gasteiger partial charge in [0.2, 0.25) is 10.0 Å². The van der Waals surface area contributed by atoms with Gasteiger partial charge >= 0.3 is 0 Å². The van der Waals surface area contributed by atoms with Crippen molar-refractivity contribution in [3.8, 4) is 0 Å². The Kier molecular flexibility index (Phi) is 4.66. The van der Waals surface area contributed by atoms with E-state index in [1.165, 1.54) is 22.5 Å². The summed E-state index contributed by atoms with van der Waals surface area (Å²) in [5.41, 5.74) is 0.251. The first-order valence-corrected chi connectivity index (χ1v) is 9.32. The number of hydrogen-bond acceptors (Lipinski definition) is 3. The van der Waals surface area contributed by atoms with Crippen molar-refractivity contribution in [1.82, 2.24) is 0 Å². The number of sulfonamides is 1. The van der Waals surface area contributed by atoms with Gasteiger partial charge in [0.15, 0.2) is 0 Å². The fraction of sp³-hybridized carbons (Fsp3) is 0.188. The molecule has 132 valence electrons. The number of carbonyl (C=O) groups excluding carboxylic acids is 1. The van der Waals surface area contributed by atoms with Crippen molar-refractivity contribution < 1.29 is 22.0 Å². The van der Waals surface area contributed by atoms with Gasteiger partial charge in [-0.2, -0.15) is 0 Å². The minimum Gasteiger partial charge on any atom is -0.322 e. The van der Waals surface area contributed by atoms with E-state index in [1.807, 2.05) is 0 Å². The molecule has 0 spiro atoms. The summed E-state index contributed by atoms with van der Waals surface area (Å²) in [7, 11) is -3.41. The Hall–Kier alpha value is -2.19. The van der Waals surface area contributed by atoms with Crippen molar-refractivity contribution >= 4 is 38.9 Å². The van der Waals surface area contributed by atoms with Crippen molar-refractivity contribution in [3.63, 3.8) is 0 Å². The number of nitrogens with one attached hydrogen (secondary N) is 1. The van der Waals surface area contributed by atoms with E-state index in [1.54, 1.807) is 0 Å². The van der Waals surface area contributed by atoms with Crippen LogP contribution in [0, 0.1) is 11.6 Å². The molecule has 5 nitrogen and oxygen atoms in total. The number of anilines is 2. The lowest BCUT2D eigenvalue weighted by Crippen LogP contribution is -2.25. The lowest BCUT2D eigenvalue weighted by molar-refractivity contribution is 0.102. The van der Waals surface area contributed by atoms with Gasteiger partial charge in [-0.1, -0.05) is 11.6 Å². The minimum absolute atomic E-state index is 0.00550. The molecule has 0 bridgehead atoms. The van der Waals surface area contributed by atoms with Crippen LogP contribution in [-0.2, 0) is 10.0 Å². The first-order chi connectivity index (χ1) is 11.8. The van der Waals surface area contributed by atoms with Crippen LogP contribution in [0.1, 0.15) is 16.8 Å². The van der Waals surface area contributed by atoms with Crippen LogP contribution >= 0.6 is 11.6 Å². The summed E-state index contributed by atoms with van der Waals surface area (Å²) in [6, 6.07) is 6.86. The van der Waals surface area contributed by atoms with Crippen LogP contribution in [0.4, 0.5) is 20.2 Å². The van der Waals surface area contributed by atoms with E-state index in [9.17, 15) is 22.0 Å². The summed E-state index contributed by atoms with van der Waals surface area (Å²) in [6.45, 7) is 0.320. The van der Waals surface area contributed by atoms with Crippen molar-refractivity contribution in [2.75, 3.05) is 21.9 Å². The molecule has 0 aromatic heterocycles. The van der Waals surface area contributed by atoms with Crippen LogP contribution in [0.3, 0.4) is 0 Å².